The van der Waals surface area contributed by atoms with Gasteiger partial charge in [-0.05, 0) is 5.92 Å². The average molecular weight is 145 g/mol. The van der Waals surface area contributed by atoms with Gasteiger partial charge in [-0.3, -0.25) is 0 Å². The van der Waals surface area contributed by atoms with Crippen LogP contribution in [-0.2, 0) is 4.74 Å². The van der Waals surface area contributed by atoms with Gasteiger partial charge in [-0.2, -0.15) is 0 Å². The van der Waals surface area contributed by atoms with Crippen LogP contribution in [0.1, 0.15) is 13.8 Å². The lowest BCUT2D eigenvalue weighted by molar-refractivity contribution is -0.194. The molecule has 3 heteroatoms. The summed E-state index contributed by atoms with van der Waals surface area (Å²) in [4.78, 5) is 0. The predicted octanol–water partition coefficient (Wildman–Crippen LogP) is -0.269. The molecule has 3 nitrogen and oxygen atoms in total. The Bertz CT molecular complexity index is 121. The minimum Gasteiger partial charge on any atom is -0.383 e. The number of hydrogen-bond donors (Lipinski definition) is 2. The van der Waals surface area contributed by atoms with E-state index in [-0.39, 0.29) is 6.04 Å². The third kappa shape index (κ3) is 1.17. The molecule has 60 valence electrons. The minimum absolute atomic E-state index is 0.152. The largest absolute Gasteiger partial charge is 0.383 e. The molecule has 1 aliphatic heterocycles. The van der Waals surface area contributed by atoms with Gasteiger partial charge in [0.2, 0.25) is 0 Å². The van der Waals surface area contributed by atoms with Crippen LogP contribution in [0.5, 0.6) is 0 Å². The van der Waals surface area contributed by atoms with Crippen molar-refractivity contribution in [2.75, 3.05) is 13.2 Å². The fraction of sp³-hybridized carbons (Fsp3) is 1.00. The summed E-state index contributed by atoms with van der Waals surface area (Å²) < 4.78 is 4.88. The highest BCUT2D eigenvalue weighted by Crippen LogP contribution is 2.23. The first kappa shape index (κ1) is 7.98. The van der Waals surface area contributed by atoms with Crippen molar-refractivity contribution in [3.63, 3.8) is 0 Å². The average Bonchev–Trinajstić information content (AvgIpc) is 1.81. The second-order valence-corrected chi connectivity index (χ2v) is 3.37. The molecule has 0 unspecified atom stereocenters. The van der Waals surface area contributed by atoms with Crippen LogP contribution < -0.4 is 5.73 Å². The molecule has 10 heavy (non-hydrogen) atoms. The minimum atomic E-state index is -0.742. The SMILES string of the molecule is CC(C)[C@@H](N)C1(O)COC1. The molecule has 1 aliphatic rings. The van der Waals surface area contributed by atoms with Crippen LogP contribution >= 0.6 is 0 Å². The van der Waals surface area contributed by atoms with Crippen LogP contribution in [0.15, 0.2) is 0 Å². The number of rotatable bonds is 2. The molecule has 0 spiro atoms. The maximum atomic E-state index is 9.60. The summed E-state index contributed by atoms with van der Waals surface area (Å²) in [6, 6.07) is -0.152. The molecular formula is C7H15NO2. The lowest BCUT2D eigenvalue weighted by Crippen LogP contribution is -2.63. The van der Waals surface area contributed by atoms with Crippen LogP contribution in [0.4, 0.5) is 0 Å². The first-order chi connectivity index (χ1) is 4.56. The second kappa shape index (κ2) is 2.49. The maximum absolute atomic E-state index is 9.60. The fourth-order valence-electron chi connectivity index (χ4n) is 1.12. The van der Waals surface area contributed by atoms with Gasteiger partial charge >= 0.3 is 0 Å². The highest BCUT2D eigenvalue weighted by molar-refractivity contribution is 4.96. The van der Waals surface area contributed by atoms with Crippen LogP contribution in [0, 0.1) is 5.92 Å². The summed E-state index contributed by atoms with van der Waals surface area (Å²) in [7, 11) is 0. The van der Waals surface area contributed by atoms with Crippen molar-refractivity contribution in [2.45, 2.75) is 25.5 Å². The molecule has 1 rings (SSSR count). The van der Waals surface area contributed by atoms with Gasteiger partial charge in [0, 0.05) is 6.04 Å². The highest BCUT2D eigenvalue weighted by Gasteiger charge is 2.43. The van der Waals surface area contributed by atoms with Crippen LogP contribution in [0.2, 0.25) is 0 Å². The second-order valence-electron chi connectivity index (χ2n) is 3.37. The molecule has 3 N–H and O–H groups in total. The highest BCUT2D eigenvalue weighted by atomic mass is 16.5. The number of hydrogen-bond acceptors (Lipinski definition) is 3. The summed E-state index contributed by atoms with van der Waals surface area (Å²) in [5, 5.41) is 9.60. The molecule has 1 atom stereocenters. The fourth-order valence-corrected chi connectivity index (χ4v) is 1.12. The Morgan fingerprint density at radius 2 is 2.00 bits per heavy atom. The van der Waals surface area contributed by atoms with Gasteiger partial charge in [0.25, 0.3) is 0 Å². The van der Waals surface area contributed by atoms with Gasteiger partial charge in [0.05, 0.1) is 13.2 Å². The third-order valence-electron chi connectivity index (χ3n) is 2.04. The molecular weight excluding hydrogens is 130 g/mol. The van der Waals surface area contributed by atoms with Gasteiger partial charge in [0.1, 0.15) is 5.60 Å². The van der Waals surface area contributed by atoms with Gasteiger partial charge < -0.3 is 15.6 Å². The lowest BCUT2D eigenvalue weighted by Gasteiger charge is -2.42. The van der Waals surface area contributed by atoms with E-state index in [0.717, 1.165) is 0 Å². The Hall–Kier alpha value is -0.120. The quantitative estimate of drug-likeness (QED) is 0.562. The van der Waals surface area contributed by atoms with Crippen molar-refractivity contribution < 1.29 is 9.84 Å². The molecule has 0 bridgehead atoms. The summed E-state index contributed by atoms with van der Waals surface area (Å²) in [5.41, 5.74) is 4.98. The van der Waals surface area contributed by atoms with Crippen molar-refractivity contribution in [1.82, 2.24) is 0 Å². The van der Waals surface area contributed by atoms with Crippen LogP contribution in [-0.4, -0.2) is 30.0 Å². The van der Waals surface area contributed by atoms with Crippen molar-refractivity contribution in [2.24, 2.45) is 11.7 Å². The number of ether oxygens (including phenoxy) is 1. The summed E-state index contributed by atoms with van der Waals surface area (Å²) in [6.07, 6.45) is 0. The van der Waals surface area contributed by atoms with E-state index in [1.54, 1.807) is 0 Å². The molecule has 0 aromatic carbocycles. The van der Waals surface area contributed by atoms with E-state index in [4.69, 9.17) is 10.5 Å². The Kier molecular flexibility index (Phi) is 1.99. The smallest absolute Gasteiger partial charge is 0.126 e. The standard InChI is InChI=1S/C7H15NO2/c1-5(2)6(8)7(9)3-10-4-7/h5-6,9H,3-4,8H2,1-2H3/t6-/m1/s1. The lowest BCUT2D eigenvalue weighted by atomic mass is 9.85. The van der Waals surface area contributed by atoms with E-state index in [1.807, 2.05) is 13.8 Å². The summed E-state index contributed by atoms with van der Waals surface area (Å²) in [5.74, 6) is 0.314. The molecule has 0 aromatic heterocycles. The molecule has 0 aromatic rings. The Balaban J connectivity index is 2.46. The molecule has 0 saturated carbocycles. The topological polar surface area (TPSA) is 55.5 Å². The Morgan fingerprint density at radius 3 is 2.10 bits per heavy atom. The number of nitrogens with two attached hydrogens (primary N) is 1. The number of aliphatic hydroxyl groups is 1. The Labute approximate surface area is 61.2 Å². The van der Waals surface area contributed by atoms with Gasteiger partial charge in [-0.15, -0.1) is 0 Å². The van der Waals surface area contributed by atoms with Crippen molar-refractivity contribution >= 4 is 0 Å². The predicted molar refractivity (Wildman–Crippen MR) is 38.6 cm³/mol. The van der Waals surface area contributed by atoms with E-state index in [1.165, 1.54) is 0 Å². The van der Waals surface area contributed by atoms with Gasteiger partial charge in [-0.1, -0.05) is 13.8 Å². The Morgan fingerprint density at radius 1 is 1.50 bits per heavy atom. The monoisotopic (exact) mass is 145 g/mol. The zero-order valence-electron chi connectivity index (χ0n) is 6.50. The normalized spacial score (nSPS) is 26.1. The van der Waals surface area contributed by atoms with Crippen LogP contribution in [0.3, 0.4) is 0 Å². The van der Waals surface area contributed by atoms with Crippen molar-refractivity contribution in [3.8, 4) is 0 Å². The zero-order chi connectivity index (χ0) is 7.78. The van der Waals surface area contributed by atoms with Crippen LogP contribution in [0.25, 0.3) is 0 Å². The van der Waals surface area contributed by atoms with E-state index in [0.29, 0.717) is 19.1 Å². The van der Waals surface area contributed by atoms with E-state index in [2.05, 4.69) is 0 Å². The first-order valence-corrected chi connectivity index (χ1v) is 3.62. The molecule has 1 heterocycles. The molecule has 0 radical (unpaired) electrons. The summed E-state index contributed by atoms with van der Waals surface area (Å²) >= 11 is 0. The molecule has 0 aliphatic carbocycles. The summed E-state index contributed by atoms with van der Waals surface area (Å²) in [6.45, 7) is 4.79. The molecule has 1 fully saturated rings. The van der Waals surface area contributed by atoms with E-state index in [9.17, 15) is 5.11 Å². The van der Waals surface area contributed by atoms with E-state index >= 15 is 0 Å². The van der Waals surface area contributed by atoms with E-state index < -0.39 is 5.60 Å². The van der Waals surface area contributed by atoms with Crippen molar-refractivity contribution in [1.29, 1.82) is 0 Å². The zero-order valence-corrected chi connectivity index (χ0v) is 6.50. The van der Waals surface area contributed by atoms with Gasteiger partial charge in [-0.25, -0.2) is 0 Å². The van der Waals surface area contributed by atoms with Gasteiger partial charge in [0.15, 0.2) is 0 Å². The van der Waals surface area contributed by atoms with Crippen molar-refractivity contribution in [3.05, 3.63) is 0 Å². The molecule has 1 saturated heterocycles. The first-order valence-electron chi connectivity index (χ1n) is 3.62. The maximum Gasteiger partial charge on any atom is 0.126 e. The molecule has 0 amide bonds. The third-order valence-corrected chi connectivity index (χ3v) is 2.04.